The van der Waals surface area contributed by atoms with Crippen molar-refractivity contribution in [2.75, 3.05) is 33.3 Å². The molecular weight excluding hydrogens is 372 g/mol. The number of ether oxygens (including phenoxy) is 1. The van der Waals surface area contributed by atoms with Crippen molar-refractivity contribution in [1.29, 1.82) is 0 Å². The first-order valence-electron chi connectivity index (χ1n) is 9.80. The summed E-state index contributed by atoms with van der Waals surface area (Å²) in [6.07, 6.45) is 0.607. The van der Waals surface area contributed by atoms with Crippen LogP contribution >= 0.6 is 11.3 Å². The zero-order chi connectivity index (χ0) is 20.1. The first kappa shape index (κ1) is 20.6. The third kappa shape index (κ3) is 5.20. The van der Waals surface area contributed by atoms with Crippen LogP contribution in [0.4, 0.5) is 0 Å². The van der Waals surface area contributed by atoms with E-state index in [4.69, 9.17) is 4.74 Å². The number of piperazine rings is 1. The summed E-state index contributed by atoms with van der Waals surface area (Å²) in [5, 5.41) is 0. The Kier molecular flexibility index (Phi) is 6.86. The molecule has 2 heterocycles. The van der Waals surface area contributed by atoms with Crippen molar-refractivity contribution >= 4 is 23.0 Å². The van der Waals surface area contributed by atoms with Gasteiger partial charge in [-0.05, 0) is 44.2 Å². The number of nitrogens with one attached hydrogen (secondary N) is 1. The van der Waals surface area contributed by atoms with E-state index in [2.05, 4.69) is 12.1 Å². The van der Waals surface area contributed by atoms with Gasteiger partial charge in [0, 0.05) is 33.7 Å². The Morgan fingerprint density at radius 1 is 1.11 bits per heavy atom. The molecule has 150 valence electrons. The Bertz CT molecular complexity index is 821. The Balaban J connectivity index is 1.43. The molecular formula is C22H29N2O3S+. The summed E-state index contributed by atoms with van der Waals surface area (Å²) in [5.41, 5.74) is 2.06. The summed E-state index contributed by atoms with van der Waals surface area (Å²) in [6, 6.07) is 10.1. The average molecular weight is 402 g/mol. The van der Waals surface area contributed by atoms with Gasteiger partial charge in [-0.2, -0.15) is 0 Å². The molecule has 1 fully saturated rings. The molecule has 28 heavy (non-hydrogen) atoms. The lowest BCUT2D eigenvalue weighted by molar-refractivity contribution is -0.917. The highest BCUT2D eigenvalue weighted by atomic mass is 32.1. The van der Waals surface area contributed by atoms with Crippen LogP contribution in [-0.4, -0.2) is 49.9 Å². The third-order valence-corrected chi connectivity index (χ3v) is 6.31. The molecule has 0 radical (unpaired) electrons. The first-order valence-corrected chi connectivity index (χ1v) is 10.6. The topological polar surface area (TPSA) is 51.1 Å². The maximum absolute atomic E-state index is 12.5. The van der Waals surface area contributed by atoms with Gasteiger partial charge in [-0.25, -0.2) is 0 Å². The molecule has 1 aromatic carbocycles. The van der Waals surface area contributed by atoms with Crippen LogP contribution in [0.5, 0.6) is 5.75 Å². The quantitative estimate of drug-likeness (QED) is 0.724. The SMILES string of the molecule is COc1ccc(C[NH+]2CCN(C(=O)CCC(=O)c3cc(C)sc3C)CC2)cc1. The highest BCUT2D eigenvalue weighted by molar-refractivity contribution is 7.12. The summed E-state index contributed by atoms with van der Waals surface area (Å²) >= 11 is 1.64. The van der Waals surface area contributed by atoms with Crippen LogP contribution in [0.15, 0.2) is 30.3 Å². The van der Waals surface area contributed by atoms with Crippen LogP contribution in [0.1, 0.15) is 38.5 Å². The second-order valence-corrected chi connectivity index (χ2v) is 8.87. The molecule has 0 aliphatic carbocycles. The Morgan fingerprint density at radius 2 is 1.79 bits per heavy atom. The van der Waals surface area contributed by atoms with Gasteiger partial charge in [-0.1, -0.05) is 0 Å². The highest BCUT2D eigenvalue weighted by Gasteiger charge is 2.24. The fourth-order valence-corrected chi connectivity index (χ4v) is 4.64. The van der Waals surface area contributed by atoms with E-state index in [0.29, 0.717) is 12.8 Å². The summed E-state index contributed by atoms with van der Waals surface area (Å²) in [7, 11) is 1.67. The smallest absolute Gasteiger partial charge is 0.223 e. The van der Waals surface area contributed by atoms with E-state index in [0.717, 1.165) is 53.8 Å². The molecule has 1 aromatic heterocycles. The lowest BCUT2D eigenvalue weighted by Crippen LogP contribution is -3.13. The number of aryl methyl sites for hydroxylation is 2. The summed E-state index contributed by atoms with van der Waals surface area (Å²) in [5.74, 6) is 1.05. The van der Waals surface area contributed by atoms with Crippen LogP contribution in [0, 0.1) is 13.8 Å². The molecule has 1 saturated heterocycles. The fraction of sp³-hybridized carbons (Fsp3) is 0.455. The number of thiophene rings is 1. The summed E-state index contributed by atoms with van der Waals surface area (Å²) < 4.78 is 5.20. The monoisotopic (exact) mass is 401 g/mol. The number of benzene rings is 1. The molecule has 1 amide bonds. The van der Waals surface area contributed by atoms with Gasteiger partial charge < -0.3 is 14.5 Å². The number of carbonyl (C=O) groups is 2. The van der Waals surface area contributed by atoms with Crippen LogP contribution in [0.3, 0.4) is 0 Å². The number of rotatable bonds is 7. The van der Waals surface area contributed by atoms with Gasteiger partial charge in [0.15, 0.2) is 5.78 Å². The summed E-state index contributed by atoms with van der Waals surface area (Å²) in [6.45, 7) is 8.33. The lowest BCUT2D eigenvalue weighted by atomic mass is 10.1. The van der Waals surface area contributed by atoms with Gasteiger partial charge >= 0.3 is 0 Å². The standard InChI is InChI=1S/C22H28N2O3S/c1-16-14-20(17(2)28-16)21(25)8-9-22(26)24-12-10-23(11-13-24)15-18-4-6-19(27-3)7-5-18/h4-7,14H,8-13,15H2,1-3H3/p+1. The van der Waals surface area contributed by atoms with Crippen molar-refractivity contribution in [3.05, 3.63) is 51.2 Å². The number of carbonyl (C=O) groups excluding carboxylic acids is 2. The number of hydrogen-bond acceptors (Lipinski definition) is 4. The van der Waals surface area contributed by atoms with Gasteiger partial charge in [-0.3, -0.25) is 9.59 Å². The van der Waals surface area contributed by atoms with E-state index in [9.17, 15) is 9.59 Å². The fourth-order valence-electron chi connectivity index (χ4n) is 3.70. The largest absolute Gasteiger partial charge is 0.497 e. The maximum Gasteiger partial charge on any atom is 0.223 e. The molecule has 0 atom stereocenters. The molecule has 0 saturated carbocycles. The van der Waals surface area contributed by atoms with Crippen molar-refractivity contribution in [3.63, 3.8) is 0 Å². The van der Waals surface area contributed by atoms with Gasteiger partial charge in [0.05, 0.1) is 33.3 Å². The highest BCUT2D eigenvalue weighted by Crippen LogP contribution is 2.22. The van der Waals surface area contributed by atoms with E-state index in [1.54, 1.807) is 18.4 Å². The number of nitrogens with zero attached hydrogens (tertiary/aromatic N) is 1. The number of quaternary nitrogens is 1. The average Bonchev–Trinajstić information content (AvgIpc) is 3.05. The third-order valence-electron chi connectivity index (χ3n) is 5.34. The van der Waals surface area contributed by atoms with Gasteiger partial charge in [0.2, 0.25) is 5.91 Å². The van der Waals surface area contributed by atoms with E-state index in [-0.39, 0.29) is 11.7 Å². The Hall–Kier alpha value is -2.18. The molecule has 1 aliphatic rings. The molecule has 3 rings (SSSR count). The van der Waals surface area contributed by atoms with Gasteiger partial charge in [-0.15, -0.1) is 11.3 Å². The maximum atomic E-state index is 12.5. The number of methoxy groups -OCH3 is 1. The number of amides is 1. The normalized spacial score (nSPS) is 14.9. The molecule has 1 N–H and O–H groups in total. The second kappa shape index (κ2) is 9.34. The minimum absolute atomic E-state index is 0.0824. The van der Waals surface area contributed by atoms with E-state index in [1.165, 1.54) is 10.5 Å². The minimum atomic E-state index is 0.0824. The van der Waals surface area contributed by atoms with Gasteiger partial charge in [0.1, 0.15) is 12.3 Å². The minimum Gasteiger partial charge on any atom is -0.497 e. The lowest BCUT2D eigenvalue weighted by Gasteiger charge is -2.32. The predicted molar refractivity (Wildman–Crippen MR) is 111 cm³/mol. The predicted octanol–water partition coefficient (Wildman–Crippen LogP) is 2.26. The molecule has 2 aromatic rings. The van der Waals surface area contributed by atoms with Crippen molar-refractivity contribution in [2.45, 2.75) is 33.2 Å². The molecule has 0 unspecified atom stereocenters. The van der Waals surface area contributed by atoms with Crippen molar-refractivity contribution in [1.82, 2.24) is 4.90 Å². The molecule has 5 nitrogen and oxygen atoms in total. The van der Waals surface area contributed by atoms with Crippen LogP contribution in [-0.2, 0) is 11.3 Å². The van der Waals surface area contributed by atoms with Gasteiger partial charge in [0.25, 0.3) is 0 Å². The Morgan fingerprint density at radius 3 is 2.36 bits per heavy atom. The zero-order valence-electron chi connectivity index (χ0n) is 16.9. The summed E-state index contributed by atoms with van der Waals surface area (Å²) in [4.78, 5) is 30.5. The molecule has 1 aliphatic heterocycles. The zero-order valence-corrected chi connectivity index (χ0v) is 17.7. The number of hydrogen-bond donors (Lipinski definition) is 1. The van der Waals surface area contributed by atoms with Crippen LogP contribution < -0.4 is 9.64 Å². The van der Waals surface area contributed by atoms with E-state index >= 15 is 0 Å². The van der Waals surface area contributed by atoms with Crippen molar-refractivity contribution in [2.24, 2.45) is 0 Å². The van der Waals surface area contributed by atoms with Crippen LogP contribution in [0.25, 0.3) is 0 Å². The van der Waals surface area contributed by atoms with E-state index < -0.39 is 0 Å². The van der Waals surface area contributed by atoms with Crippen molar-refractivity contribution < 1.29 is 19.2 Å². The number of Topliss-reactive ketones (excluding diaryl/α,β-unsaturated/α-hetero) is 1. The van der Waals surface area contributed by atoms with E-state index in [1.807, 2.05) is 36.9 Å². The molecule has 0 spiro atoms. The Labute approximate surface area is 170 Å². The van der Waals surface area contributed by atoms with Crippen LogP contribution in [0.2, 0.25) is 0 Å². The molecule has 0 bridgehead atoms. The number of ketones is 1. The van der Waals surface area contributed by atoms with Crippen molar-refractivity contribution in [3.8, 4) is 5.75 Å². The molecule has 6 heteroatoms. The first-order chi connectivity index (χ1) is 13.5. The second-order valence-electron chi connectivity index (χ2n) is 7.41.